The minimum atomic E-state index is -0.437. The van der Waals surface area contributed by atoms with E-state index in [9.17, 15) is 9.59 Å². The molecule has 1 aromatic heterocycles. The van der Waals surface area contributed by atoms with E-state index in [1.54, 1.807) is 0 Å². The van der Waals surface area contributed by atoms with E-state index >= 15 is 0 Å². The summed E-state index contributed by atoms with van der Waals surface area (Å²) in [6.07, 6.45) is 1.56. The first-order chi connectivity index (χ1) is 14.9. The van der Waals surface area contributed by atoms with Gasteiger partial charge in [0.2, 0.25) is 5.91 Å². The van der Waals surface area contributed by atoms with Gasteiger partial charge in [-0.2, -0.15) is 0 Å². The van der Waals surface area contributed by atoms with Gasteiger partial charge < -0.3 is 10.6 Å². The fourth-order valence-corrected chi connectivity index (χ4v) is 3.66. The normalized spacial score (nSPS) is 10.5. The number of thioether (sulfide) groups is 1. The number of para-hydroxylation sites is 1. The molecule has 0 saturated carbocycles. The fourth-order valence-electron chi connectivity index (χ4n) is 2.71. The first kappa shape index (κ1) is 22.8. The first-order valence-corrected chi connectivity index (χ1v) is 11.1. The van der Waals surface area contributed by atoms with Crippen molar-refractivity contribution in [3.8, 4) is 0 Å². The number of hydrogen-bond acceptors (Lipinski definition) is 5. The molecule has 2 amide bonds. The van der Waals surface area contributed by atoms with Crippen LogP contribution in [0, 0.1) is 13.8 Å². The number of halogens is 1. The highest BCUT2D eigenvalue weighted by Crippen LogP contribution is 2.22. The molecule has 0 atom stereocenters. The molecule has 160 valence electrons. The lowest BCUT2D eigenvalue weighted by Gasteiger charge is -2.09. The number of anilines is 1. The number of benzene rings is 2. The maximum Gasteiger partial charge on any atom is 0.271 e. The van der Waals surface area contributed by atoms with E-state index < -0.39 is 5.91 Å². The van der Waals surface area contributed by atoms with Gasteiger partial charge >= 0.3 is 0 Å². The summed E-state index contributed by atoms with van der Waals surface area (Å²) in [5, 5.41) is 6.16. The summed E-state index contributed by atoms with van der Waals surface area (Å²) < 4.78 is 0. The predicted octanol–water partition coefficient (Wildman–Crippen LogP) is 4.80. The molecule has 0 saturated heterocycles. The number of rotatable bonds is 8. The monoisotopic (exact) mass is 454 g/mol. The molecule has 31 heavy (non-hydrogen) atoms. The molecule has 2 N–H and O–H groups in total. The molecule has 0 aliphatic heterocycles. The van der Waals surface area contributed by atoms with Crippen molar-refractivity contribution in [1.29, 1.82) is 0 Å². The standard InChI is InChI=1S/C23H23ClN4O2S/c1-15-7-9-17(10-8-15)14-31-23-26-13-18(24)21(28-23)22(30)25-12-11-20(29)27-19-6-4-3-5-16(19)2/h3-10,13H,11-12,14H2,1-2H3,(H,25,30)(H,27,29). The number of aromatic nitrogens is 2. The van der Waals surface area contributed by atoms with E-state index in [4.69, 9.17) is 11.6 Å². The van der Waals surface area contributed by atoms with Crippen LogP contribution in [0.15, 0.2) is 59.9 Å². The van der Waals surface area contributed by atoms with Gasteiger partial charge in [0.1, 0.15) is 0 Å². The Hall–Kier alpha value is -2.90. The van der Waals surface area contributed by atoms with E-state index in [0.29, 0.717) is 10.9 Å². The molecule has 3 aromatic rings. The first-order valence-electron chi connectivity index (χ1n) is 9.77. The maximum absolute atomic E-state index is 12.5. The maximum atomic E-state index is 12.5. The van der Waals surface area contributed by atoms with Crippen molar-refractivity contribution in [2.45, 2.75) is 31.2 Å². The average Bonchev–Trinajstić information content (AvgIpc) is 2.76. The summed E-state index contributed by atoms with van der Waals surface area (Å²) in [5.41, 5.74) is 4.17. The lowest BCUT2D eigenvalue weighted by Crippen LogP contribution is -2.28. The average molecular weight is 455 g/mol. The van der Waals surface area contributed by atoms with Crippen LogP contribution in [0.25, 0.3) is 0 Å². The smallest absolute Gasteiger partial charge is 0.271 e. The predicted molar refractivity (Wildman–Crippen MR) is 125 cm³/mol. The molecule has 6 nitrogen and oxygen atoms in total. The Morgan fingerprint density at radius 2 is 1.81 bits per heavy atom. The van der Waals surface area contributed by atoms with Crippen LogP contribution in [0.4, 0.5) is 5.69 Å². The third-order valence-electron chi connectivity index (χ3n) is 4.48. The molecule has 0 unspecified atom stereocenters. The minimum absolute atomic E-state index is 0.0994. The van der Waals surface area contributed by atoms with Crippen LogP contribution in [-0.4, -0.2) is 28.3 Å². The summed E-state index contributed by atoms with van der Waals surface area (Å²) >= 11 is 7.54. The summed E-state index contributed by atoms with van der Waals surface area (Å²) in [4.78, 5) is 33.1. The summed E-state index contributed by atoms with van der Waals surface area (Å²) in [7, 11) is 0. The lowest BCUT2D eigenvalue weighted by atomic mass is 10.2. The highest BCUT2D eigenvalue weighted by atomic mass is 35.5. The van der Waals surface area contributed by atoms with Crippen LogP contribution in [-0.2, 0) is 10.5 Å². The Labute approximate surface area is 190 Å². The number of nitrogens with one attached hydrogen (secondary N) is 2. The molecular formula is C23H23ClN4O2S. The zero-order valence-electron chi connectivity index (χ0n) is 17.3. The Kier molecular flexibility index (Phi) is 8.03. The van der Waals surface area contributed by atoms with Crippen LogP contribution in [0.5, 0.6) is 0 Å². The van der Waals surface area contributed by atoms with Gasteiger partial charge in [-0.1, -0.05) is 71.4 Å². The van der Waals surface area contributed by atoms with E-state index in [1.807, 2.05) is 62.4 Å². The van der Waals surface area contributed by atoms with Gasteiger partial charge in [-0.15, -0.1) is 0 Å². The number of carbonyl (C=O) groups excluding carboxylic acids is 2. The van der Waals surface area contributed by atoms with Crippen molar-refractivity contribution in [2.75, 3.05) is 11.9 Å². The number of carbonyl (C=O) groups is 2. The summed E-state index contributed by atoms with van der Waals surface area (Å²) in [5.74, 6) is 0.0631. The highest BCUT2D eigenvalue weighted by molar-refractivity contribution is 7.98. The van der Waals surface area contributed by atoms with Crippen LogP contribution >= 0.6 is 23.4 Å². The summed E-state index contributed by atoms with van der Waals surface area (Å²) in [6.45, 7) is 4.13. The van der Waals surface area contributed by atoms with Crippen LogP contribution in [0.1, 0.15) is 33.6 Å². The van der Waals surface area contributed by atoms with E-state index in [1.165, 1.54) is 23.5 Å². The molecule has 0 radical (unpaired) electrons. The third kappa shape index (κ3) is 6.80. The molecule has 2 aromatic carbocycles. The topological polar surface area (TPSA) is 84.0 Å². The Morgan fingerprint density at radius 3 is 2.55 bits per heavy atom. The SMILES string of the molecule is Cc1ccc(CSc2ncc(Cl)c(C(=O)NCCC(=O)Nc3ccccc3C)n2)cc1. The largest absolute Gasteiger partial charge is 0.350 e. The third-order valence-corrected chi connectivity index (χ3v) is 5.69. The Balaban J connectivity index is 1.52. The van der Waals surface area contributed by atoms with Gasteiger partial charge in [-0.05, 0) is 31.0 Å². The van der Waals surface area contributed by atoms with Gasteiger partial charge in [-0.25, -0.2) is 9.97 Å². The van der Waals surface area contributed by atoms with E-state index in [0.717, 1.165) is 16.8 Å². The van der Waals surface area contributed by atoms with Crippen molar-refractivity contribution in [3.05, 3.63) is 82.1 Å². The molecule has 0 aliphatic rings. The van der Waals surface area contributed by atoms with Gasteiger partial charge in [0, 0.05) is 24.4 Å². The molecule has 0 fully saturated rings. The molecule has 3 rings (SSSR count). The lowest BCUT2D eigenvalue weighted by molar-refractivity contribution is -0.116. The molecule has 0 aliphatic carbocycles. The minimum Gasteiger partial charge on any atom is -0.350 e. The van der Waals surface area contributed by atoms with Gasteiger partial charge in [0.25, 0.3) is 5.91 Å². The Morgan fingerprint density at radius 1 is 1.06 bits per heavy atom. The second-order valence-corrected chi connectivity index (χ2v) is 8.34. The van der Waals surface area contributed by atoms with Crippen LogP contribution < -0.4 is 10.6 Å². The van der Waals surface area contributed by atoms with Crippen molar-refractivity contribution in [1.82, 2.24) is 15.3 Å². The Bertz CT molecular complexity index is 1070. The van der Waals surface area contributed by atoms with Gasteiger partial charge in [0.05, 0.1) is 11.2 Å². The van der Waals surface area contributed by atoms with Crippen molar-refractivity contribution < 1.29 is 9.59 Å². The second kappa shape index (κ2) is 10.9. The fraction of sp³-hybridized carbons (Fsp3) is 0.217. The zero-order valence-corrected chi connectivity index (χ0v) is 18.9. The van der Waals surface area contributed by atoms with Crippen molar-refractivity contribution >= 4 is 40.9 Å². The second-order valence-electron chi connectivity index (χ2n) is 6.99. The zero-order chi connectivity index (χ0) is 22.2. The summed E-state index contributed by atoms with van der Waals surface area (Å²) in [6, 6.07) is 15.7. The van der Waals surface area contributed by atoms with Crippen molar-refractivity contribution in [2.24, 2.45) is 0 Å². The number of nitrogens with zero attached hydrogens (tertiary/aromatic N) is 2. The number of hydrogen-bond donors (Lipinski definition) is 2. The number of amides is 2. The molecular weight excluding hydrogens is 432 g/mol. The quantitative estimate of drug-likeness (QED) is 0.377. The molecule has 8 heteroatoms. The van der Waals surface area contributed by atoms with E-state index in [-0.39, 0.29) is 29.6 Å². The molecule has 0 spiro atoms. The van der Waals surface area contributed by atoms with Gasteiger partial charge in [0.15, 0.2) is 10.9 Å². The molecule has 1 heterocycles. The van der Waals surface area contributed by atoms with E-state index in [2.05, 4.69) is 20.6 Å². The number of aryl methyl sites for hydroxylation is 2. The van der Waals surface area contributed by atoms with Crippen LogP contribution in [0.2, 0.25) is 5.02 Å². The van der Waals surface area contributed by atoms with Gasteiger partial charge in [-0.3, -0.25) is 9.59 Å². The molecule has 0 bridgehead atoms. The highest BCUT2D eigenvalue weighted by Gasteiger charge is 2.15. The van der Waals surface area contributed by atoms with Crippen LogP contribution in [0.3, 0.4) is 0 Å². The van der Waals surface area contributed by atoms with Crippen molar-refractivity contribution in [3.63, 3.8) is 0 Å².